The number of benzene rings is 3. The second-order valence-corrected chi connectivity index (χ2v) is 8.57. The Balaban J connectivity index is 1.82. The molecule has 0 fully saturated rings. The van der Waals surface area contributed by atoms with Crippen molar-refractivity contribution < 1.29 is 36.4 Å². The molecule has 9 nitrogen and oxygen atoms in total. The number of hydrogen-bond donors (Lipinski definition) is 3. The van der Waals surface area contributed by atoms with E-state index in [1.165, 1.54) is 31.2 Å². The first-order valence-electron chi connectivity index (χ1n) is 9.48. The van der Waals surface area contributed by atoms with Gasteiger partial charge in [0.15, 0.2) is 5.69 Å². The van der Waals surface area contributed by atoms with Gasteiger partial charge in [0.2, 0.25) is 5.88 Å². The summed E-state index contributed by atoms with van der Waals surface area (Å²) in [4.78, 5) is -0.532. The highest BCUT2D eigenvalue weighted by atomic mass is 32.2. The fourth-order valence-electron chi connectivity index (χ4n) is 3.35. The van der Waals surface area contributed by atoms with Gasteiger partial charge in [-0.3, -0.25) is 4.55 Å². The zero-order chi connectivity index (χ0) is 24.8. The van der Waals surface area contributed by atoms with Crippen LogP contribution in [0.1, 0.15) is 11.3 Å². The van der Waals surface area contributed by atoms with Crippen molar-refractivity contribution in [3.63, 3.8) is 0 Å². The lowest BCUT2D eigenvalue weighted by Crippen LogP contribution is -2.06. The highest BCUT2D eigenvalue weighted by molar-refractivity contribution is 7.86. The van der Waals surface area contributed by atoms with Crippen molar-refractivity contribution in [2.24, 2.45) is 10.2 Å². The van der Waals surface area contributed by atoms with Crippen molar-refractivity contribution in [2.45, 2.75) is 18.0 Å². The third-order valence-corrected chi connectivity index (χ3v) is 5.80. The van der Waals surface area contributed by atoms with Gasteiger partial charge in [-0.1, -0.05) is 30.3 Å². The number of alkyl halides is 3. The van der Waals surface area contributed by atoms with Gasteiger partial charge in [0.05, 0.1) is 16.9 Å². The second kappa shape index (κ2) is 8.11. The van der Waals surface area contributed by atoms with E-state index in [2.05, 4.69) is 15.3 Å². The molecule has 3 aromatic carbocycles. The Kier molecular flexibility index (Phi) is 5.53. The van der Waals surface area contributed by atoms with Crippen LogP contribution in [0.2, 0.25) is 0 Å². The van der Waals surface area contributed by atoms with Crippen molar-refractivity contribution in [3.05, 3.63) is 65.9 Å². The van der Waals surface area contributed by atoms with Crippen LogP contribution in [0.5, 0.6) is 11.6 Å². The van der Waals surface area contributed by atoms with Gasteiger partial charge in [-0.05, 0) is 25.1 Å². The van der Waals surface area contributed by atoms with E-state index in [0.29, 0.717) is 0 Å². The monoisotopic (exact) mass is 492 g/mol. The summed E-state index contributed by atoms with van der Waals surface area (Å²) in [5.41, 5.74) is -1.22. The maximum Gasteiger partial charge on any atom is 0.416 e. The minimum Gasteiger partial charge on any atom is -0.506 e. The zero-order valence-electron chi connectivity index (χ0n) is 17.2. The van der Waals surface area contributed by atoms with Crippen LogP contribution in [0.4, 0.5) is 24.5 Å². The number of aromatic hydroxyl groups is 2. The maximum atomic E-state index is 13.0. The molecule has 0 atom stereocenters. The topological polar surface area (TPSA) is 137 Å². The molecular formula is C21H15F3N4O5S. The van der Waals surface area contributed by atoms with Gasteiger partial charge < -0.3 is 10.2 Å². The molecule has 1 heterocycles. The number of aryl methyl sites for hydroxylation is 1. The van der Waals surface area contributed by atoms with E-state index >= 15 is 0 Å². The molecule has 0 radical (unpaired) electrons. The number of fused-ring (bicyclic) bond motifs is 1. The molecule has 0 saturated carbocycles. The highest BCUT2D eigenvalue weighted by Gasteiger charge is 2.31. The Hall–Kier alpha value is -3.97. The van der Waals surface area contributed by atoms with Crippen molar-refractivity contribution in [3.8, 4) is 17.3 Å². The summed E-state index contributed by atoms with van der Waals surface area (Å²) in [5.74, 6) is -1.21. The molecule has 0 unspecified atom stereocenters. The van der Waals surface area contributed by atoms with Crippen LogP contribution in [0.25, 0.3) is 16.5 Å². The molecule has 0 bridgehead atoms. The van der Waals surface area contributed by atoms with Gasteiger partial charge in [-0.15, -0.1) is 10.2 Å². The van der Waals surface area contributed by atoms with E-state index in [1.54, 1.807) is 6.07 Å². The van der Waals surface area contributed by atoms with Gasteiger partial charge in [-0.2, -0.15) is 31.4 Å². The number of hydrogen-bond acceptors (Lipinski definition) is 7. The Morgan fingerprint density at radius 2 is 1.59 bits per heavy atom. The summed E-state index contributed by atoms with van der Waals surface area (Å²) >= 11 is 0. The molecule has 3 N–H and O–H groups in total. The summed E-state index contributed by atoms with van der Waals surface area (Å²) in [5, 5.41) is 32.9. The molecular weight excluding hydrogens is 477 g/mol. The van der Waals surface area contributed by atoms with Gasteiger partial charge >= 0.3 is 6.18 Å². The molecule has 0 aliphatic rings. The molecule has 13 heteroatoms. The molecule has 1 aromatic heterocycles. The number of aromatic nitrogens is 2. The van der Waals surface area contributed by atoms with Gasteiger partial charge in [0.1, 0.15) is 16.3 Å². The summed E-state index contributed by atoms with van der Waals surface area (Å²) in [6.07, 6.45) is -4.59. The average molecular weight is 492 g/mol. The standard InChI is InChI=1S/C21H15F3N4O5S/c1-11-18(20(30)28(27-11)13-6-4-5-12(9-13)21(22,23)24)25-26-19-15-8-3-2-7-14(15)17(10-16(19)29)34(31,32)33/h2-10,29-30H,1H3,(H,31,32,33). The summed E-state index contributed by atoms with van der Waals surface area (Å²) in [7, 11) is -4.66. The number of halogens is 3. The first-order chi connectivity index (χ1) is 15.9. The average Bonchev–Trinajstić information content (AvgIpc) is 3.05. The van der Waals surface area contributed by atoms with Crippen molar-refractivity contribution in [1.29, 1.82) is 0 Å². The summed E-state index contributed by atoms with van der Waals surface area (Å²) in [6.45, 7) is 1.44. The maximum absolute atomic E-state index is 13.0. The van der Waals surface area contributed by atoms with E-state index in [9.17, 15) is 36.4 Å². The fraction of sp³-hybridized carbons (Fsp3) is 0.0952. The summed E-state index contributed by atoms with van der Waals surface area (Å²) < 4.78 is 72.8. The van der Waals surface area contributed by atoms with E-state index in [4.69, 9.17) is 0 Å². The van der Waals surface area contributed by atoms with E-state index in [0.717, 1.165) is 28.9 Å². The number of rotatable bonds is 4. The highest BCUT2D eigenvalue weighted by Crippen LogP contribution is 2.41. The first-order valence-corrected chi connectivity index (χ1v) is 10.9. The van der Waals surface area contributed by atoms with E-state index in [1.807, 2.05) is 0 Å². The second-order valence-electron chi connectivity index (χ2n) is 7.18. The van der Waals surface area contributed by atoms with Crippen LogP contribution in [0.3, 0.4) is 0 Å². The molecule has 4 rings (SSSR count). The quantitative estimate of drug-likeness (QED) is 0.257. The smallest absolute Gasteiger partial charge is 0.416 e. The summed E-state index contributed by atoms with van der Waals surface area (Å²) in [6, 6.07) is 10.9. The third kappa shape index (κ3) is 4.18. The van der Waals surface area contributed by atoms with Crippen LogP contribution in [-0.2, 0) is 16.3 Å². The van der Waals surface area contributed by atoms with Gasteiger partial charge in [0, 0.05) is 16.8 Å². The molecule has 0 aliphatic carbocycles. The molecule has 34 heavy (non-hydrogen) atoms. The Bertz CT molecular complexity index is 1560. The third-order valence-electron chi connectivity index (χ3n) is 4.91. The molecule has 0 aliphatic heterocycles. The lowest BCUT2D eigenvalue weighted by atomic mass is 10.1. The molecule has 4 aromatic rings. The van der Waals surface area contributed by atoms with Crippen molar-refractivity contribution in [1.82, 2.24) is 9.78 Å². The number of nitrogens with zero attached hydrogens (tertiary/aromatic N) is 4. The zero-order valence-corrected chi connectivity index (χ0v) is 18.0. The molecule has 176 valence electrons. The predicted octanol–water partition coefficient (Wildman–Crippen LogP) is 5.43. The van der Waals surface area contributed by atoms with Crippen LogP contribution in [-0.4, -0.2) is 33.0 Å². The minimum absolute atomic E-state index is 0.0670. The lowest BCUT2D eigenvalue weighted by Gasteiger charge is -2.09. The molecule has 0 amide bonds. The van der Waals surface area contributed by atoms with E-state index < -0.39 is 38.4 Å². The van der Waals surface area contributed by atoms with Crippen LogP contribution >= 0.6 is 0 Å². The predicted molar refractivity (Wildman–Crippen MR) is 115 cm³/mol. The fourth-order valence-corrected chi connectivity index (χ4v) is 4.07. The number of azo groups is 1. The largest absolute Gasteiger partial charge is 0.506 e. The van der Waals surface area contributed by atoms with Crippen molar-refractivity contribution >= 4 is 32.3 Å². The Labute approximate surface area is 190 Å². The van der Waals surface area contributed by atoms with Crippen LogP contribution in [0, 0.1) is 6.92 Å². The Morgan fingerprint density at radius 1 is 0.941 bits per heavy atom. The first kappa shape index (κ1) is 23.2. The number of phenols is 1. The Morgan fingerprint density at radius 3 is 2.24 bits per heavy atom. The normalized spacial score (nSPS) is 12.6. The minimum atomic E-state index is -4.66. The van der Waals surface area contributed by atoms with E-state index in [-0.39, 0.29) is 33.5 Å². The number of phenolic OH excluding ortho intramolecular Hbond substituents is 1. The lowest BCUT2D eigenvalue weighted by molar-refractivity contribution is -0.137. The van der Waals surface area contributed by atoms with Crippen LogP contribution < -0.4 is 0 Å². The van der Waals surface area contributed by atoms with Crippen LogP contribution in [0.15, 0.2) is 69.7 Å². The SMILES string of the molecule is Cc1nn(-c2cccc(C(F)(F)F)c2)c(O)c1N=Nc1c(O)cc(S(=O)(=O)O)c2ccccc12. The van der Waals surface area contributed by atoms with Gasteiger partial charge in [0.25, 0.3) is 10.1 Å². The van der Waals surface area contributed by atoms with Gasteiger partial charge in [-0.25, -0.2) is 0 Å². The molecule has 0 saturated heterocycles. The molecule has 0 spiro atoms. The van der Waals surface area contributed by atoms with Crippen molar-refractivity contribution in [2.75, 3.05) is 0 Å².